The normalized spacial score (nSPS) is 27.0. The summed E-state index contributed by atoms with van der Waals surface area (Å²) in [6.07, 6.45) is 4.75. The molecule has 1 fully saturated rings. The quantitative estimate of drug-likeness (QED) is 0.874. The van der Waals surface area contributed by atoms with Gasteiger partial charge in [-0.05, 0) is 31.0 Å². The van der Waals surface area contributed by atoms with E-state index in [1.807, 2.05) is 23.9 Å². The highest BCUT2D eigenvalue weighted by molar-refractivity contribution is 8.14. The second-order valence-corrected chi connectivity index (χ2v) is 5.27. The molecule has 1 atom stereocenters. The molecule has 2 heterocycles. The lowest BCUT2D eigenvalue weighted by molar-refractivity contribution is 0.466. The van der Waals surface area contributed by atoms with E-state index in [9.17, 15) is 0 Å². The fourth-order valence-electron chi connectivity index (χ4n) is 1.48. The summed E-state index contributed by atoms with van der Waals surface area (Å²) in [6, 6.07) is 4.01. The van der Waals surface area contributed by atoms with E-state index in [1.54, 1.807) is 12.4 Å². The molecule has 86 valence electrons. The van der Waals surface area contributed by atoms with Crippen LogP contribution < -0.4 is 5.32 Å². The first kappa shape index (κ1) is 11.5. The first-order chi connectivity index (χ1) is 7.72. The van der Waals surface area contributed by atoms with Crippen molar-refractivity contribution >= 4 is 16.9 Å². The third-order valence-corrected chi connectivity index (χ3v) is 4.16. The number of thioether (sulfide) groups is 1. The van der Waals surface area contributed by atoms with Gasteiger partial charge in [0.15, 0.2) is 5.17 Å². The molecule has 16 heavy (non-hydrogen) atoms. The molecule has 4 heteroatoms. The number of aromatic nitrogens is 1. The summed E-state index contributed by atoms with van der Waals surface area (Å²) < 4.78 is 0. The Morgan fingerprint density at radius 1 is 1.50 bits per heavy atom. The zero-order valence-electron chi connectivity index (χ0n) is 9.73. The lowest BCUT2D eigenvalue weighted by Gasteiger charge is -2.20. The molecule has 0 aliphatic carbocycles. The van der Waals surface area contributed by atoms with Crippen LogP contribution in [0.25, 0.3) is 0 Å². The van der Waals surface area contributed by atoms with Gasteiger partial charge in [-0.2, -0.15) is 0 Å². The van der Waals surface area contributed by atoms with E-state index in [4.69, 9.17) is 0 Å². The minimum atomic E-state index is 0.224. The van der Waals surface area contributed by atoms with Crippen LogP contribution in [0, 0.1) is 0 Å². The van der Waals surface area contributed by atoms with Gasteiger partial charge in [-0.25, -0.2) is 0 Å². The molecule has 1 aliphatic heterocycles. The molecule has 0 bridgehead atoms. The lowest BCUT2D eigenvalue weighted by Crippen LogP contribution is -2.39. The van der Waals surface area contributed by atoms with Gasteiger partial charge in [0.05, 0.1) is 6.54 Å². The SMILES string of the molecule is CCC1(C)CSC(=NCc2ccncc2)N1. The fraction of sp³-hybridized carbons (Fsp3) is 0.500. The first-order valence-corrected chi connectivity index (χ1v) is 6.55. The Hall–Kier alpha value is -1.03. The highest BCUT2D eigenvalue weighted by Gasteiger charge is 2.30. The summed E-state index contributed by atoms with van der Waals surface area (Å²) >= 11 is 1.82. The van der Waals surface area contributed by atoms with Crippen molar-refractivity contribution in [2.75, 3.05) is 5.75 Å². The van der Waals surface area contributed by atoms with Crippen LogP contribution in [0.3, 0.4) is 0 Å². The van der Waals surface area contributed by atoms with E-state index in [0.29, 0.717) is 0 Å². The van der Waals surface area contributed by atoms with Crippen molar-refractivity contribution in [3.63, 3.8) is 0 Å². The predicted molar refractivity (Wildman–Crippen MR) is 69.7 cm³/mol. The van der Waals surface area contributed by atoms with Crippen LogP contribution in [0.1, 0.15) is 25.8 Å². The number of aliphatic imine (C=N–C) groups is 1. The first-order valence-electron chi connectivity index (χ1n) is 5.56. The highest BCUT2D eigenvalue weighted by atomic mass is 32.2. The van der Waals surface area contributed by atoms with Crippen LogP contribution in [-0.4, -0.2) is 21.4 Å². The van der Waals surface area contributed by atoms with Gasteiger partial charge in [0, 0.05) is 23.7 Å². The average molecular weight is 235 g/mol. The van der Waals surface area contributed by atoms with Crippen molar-refractivity contribution < 1.29 is 0 Å². The van der Waals surface area contributed by atoms with Crippen LogP contribution in [0.2, 0.25) is 0 Å². The van der Waals surface area contributed by atoms with Gasteiger partial charge in [0.1, 0.15) is 0 Å². The number of hydrogen-bond donors (Lipinski definition) is 1. The molecular weight excluding hydrogens is 218 g/mol. The van der Waals surface area contributed by atoms with Crippen LogP contribution in [0.4, 0.5) is 0 Å². The average Bonchev–Trinajstić information content (AvgIpc) is 2.71. The summed E-state index contributed by atoms with van der Waals surface area (Å²) in [7, 11) is 0. The standard InChI is InChI=1S/C12H17N3S/c1-3-12(2)9-16-11(15-12)14-8-10-4-6-13-7-5-10/h4-7H,3,8-9H2,1-2H3,(H,14,15). The smallest absolute Gasteiger partial charge is 0.157 e. The maximum Gasteiger partial charge on any atom is 0.157 e. The topological polar surface area (TPSA) is 37.3 Å². The number of amidine groups is 1. The Balaban J connectivity index is 1.95. The van der Waals surface area contributed by atoms with Crippen molar-refractivity contribution in [3.8, 4) is 0 Å². The van der Waals surface area contributed by atoms with Crippen LogP contribution >= 0.6 is 11.8 Å². The Morgan fingerprint density at radius 3 is 2.88 bits per heavy atom. The molecular formula is C12H17N3S. The molecule has 1 saturated heterocycles. The van der Waals surface area contributed by atoms with Crippen LogP contribution in [-0.2, 0) is 6.54 Å². The summed E-state index contributed by atoms with van der Waals surface area (Å²) in [5.74, 6) is 1.11. The molecule has 1 aromatic heterocycles. The van der Waals surface area contributed by atoms with Gasteiger partial charge < -0.3 is 5.32 Å². The second-order valence-electron chi connectivity index (χ2n) is 4.30. The Morgan fingerprint density at radius 2 is 2.25 bits per heavy atom. The zero-order chi connectivity index (χ0) is 11.4. The maximum absolute atomic E-state index is 4.58. The largest absolute Gasteiger partial charge is 0.359 e. The molecule has 1 aliphatic rings. The van der Waals surface area contributed by atoms with Gasteiger partial charge in [0.2, 0.25) is 0 Å². The highest BCUT2D eigenvalue weighted by Crippen LogP contribution is 2.25. The zero-order valence-corrected chi connectivity index (χ0v) is 10.5. The minimum absolute atomic E-state index is 0.224. The van der Waals surface area contributed by atoms with E-state index in [2.05, 4.69) is 29.1 Å². The molecule has 0 radical (unpaired) electrons. The number of nitrogens with one attached hydrogen (secondary N) is 1. The van der Waals surface area contributed by atoms with E-state index in [-0.39, 0.29) is 5.54 Å². The Bertz CT molecular complexity index is 377. The molecule has 3 nitrogen and oxygen atoms in total. The van der Waals surface area contributed by atoms with Crippen molar-refractivity contribution in [1.82, 2.24) is 10.3 Å². The summed E-state index contributed by atoms with van der Waals surface area (Å²) in [5, 5.41) is 4.56. The summed E-state index contributed by atoms with van der Waals surface area (Å²) in [4.78, 5) is 8.57. The lowest BCUT2D eigenvalue weighted by atomic mass is 10.0. The van der Waals surface area contributed by atoms with Crippen molar-refractivity contribution in [3.05, 3.63) is 30.1 Å². The van der Waals surface area contributed by atoms with Crippen molar-refractivity contribution in [2.45, 2.75) is 32.4 Å². The number of hydrogen-bond acceptors (Lipinski definition) is 3. The van der Waals surface area contributed by atoms with E-state index in [0.717, 1.165) is 23.9 Å². The van der Waals surface area contributed by atoms with Crippen LogP contribution in [0.15, 0.2) is 29.5 Å². The monoisotopic (exact) mass is 235 g/mol. The molecule has 1 unspecified atom stereocenters. The van der Waals surface area contributed by atoms with Crippen LogP contribution in [0.5, 0.6) is 0 Å². The van der Waals surface area contributed by atoms with Gasteiger partial charge in [-0.3, -0.25) is 9.98 Å². The molecule has 0 spiro atoms. The minimum Gasteiger partial charge on any atom is -0.359 e. The Kier molecular flexibility index (Phi) is 3.49. The third-order valence-electron chi connectivity index (χ3n) is 2.87. The number of rotatable bonds is 3. The third kappa shape index (κ3) is 2.76. The summed E-state index contributed by atoms with van der Waals surface area (Å²) in [6.45, 7) is 5.19. The van der Waals surface area contributed by atoms with Crippen molar-refractivity contribution in [1.29, 1.82) is 0 Å². The summed E-state index contributed by atoms with van der Waals surface area (Å²) in [5.41, 5.74) is 1.43. The van der Waals surface area contributed by atoms with Gasteiger partial charge in [-0.15, -0.1) is 0 Å². The van der Waals surface area contributed by atoms with Gasteiger partial charge in [0.25, 0.3) is 0 Å². The van der Waals surface area contributed by atoms with Gasteiger partial charge in [-0.1, -0.05) is 18.7 Å². The van der Waals surface area contributed by atoms with Crippen molar-refractivity contribution in [2.24, 2.45) is 4.99 Å². The molecule has 1 aromatic rings. The molecule has 0 amide bonds. The molecule has 0 aromatic carbocycles. The number of nitrogens with zero attached hydrogens (tertiary/aromatic N) is 2. The van der Waals surface area contributed by atoms with Gasteiger partial charge >= 0.3 is 0 Å². The predicted octanol–water partition coefficient (Wildman–Crippen LogP) is 2.44. The molecule has 0 saturated carbocycles. The maximum atomic E-state index is 4.58. The second kappa shape index (κ2) is 4.87. The van der Waals surface area contributed by atoms with E-state index < -0.39 is 0 Å². The Labute approximate surface area is 101 Å². The molecule has 1 N–H and O–H groups in total. The molecule has 2 rings (SSSR count). The fourth-order valence-corrected chi connectivity index (χ4v) is 2.69. The van der Waals surface area contributed by atoms with E-state index in [1.165, 1.54) is 5.56 Å². The van der Waals surface area contributed by atoms with E-state index >= 15 is 0 Å². The number of pyridine rings is 1.